The minimum absolute atomic E-state index is 0.00702. The molecule has 7 nitrogen and oxygen atoms in total. The number of carbonyl (C=O) groups is 3. The van der Waals surface area contributed by atoms with Crippen LogP contribution in [0.3, 0.4) is 0 Å². The van der Waals surface area contributed by atoms with E-state index in [9.17, 15) is 14.4 Å². The van der Waals surface area contributed by atoms with E-state index < -0.39 is 6.10 Å². The molecule has 0 spiro atoms. The van der Waals surface area contributed by atoms with Crippen molar-refractivity contribution in [1.29, 1.82) is 0 Å². The lowest BCUT2D eigenvalue weighted by atomic mass is 10.0. The number of hydrogen-bond donors (Lipinski definition) is 1. The molecule has 1 aliphatic rings. The number of para-hydroxylation sites is 1. The fourth-order valence-corrected chi connectivity index (χ4v) is 3.76. The second-order valence-corrected chi connectivity index (χ2v) is 8.00. The van der Waals surface area contributed by atoms with Gasteiger partial charge in [0.2, 0.25) is 5.91 Å². The lowest BCUT2D eigenvalue weighted by Crippen LogP contribution is -2.49. The van der Waals surface area contributed by atoms with Crippen molar-refractivity contribution in [3.63, 3.8) is 0 Å². The Morgan fingerprint density at radius 1 is 1.09 bits per heavy atom. The molecule has 1 atom stereocenters. The number of amides is 2. The molecule has 7 heteroatoms. The Hall–Kier alpha value is -3.35. The summed E-state index contributed by atoms with van der Waals surface area (Å²) in [6, 6.07) is 14.3. The second-order valence-electron chi connectivity index (χ2n) is 8.00. The standard InChI is InChI=1S/C25H30N2O5/c1-17(28)19-8-6-9-22(15-19)32-18(2)25(30)26-21-11-13-27(14-12-21)24(29)16-20-7-4-5-10-23(20)31-3/h4-10,15,18,21H,11-14,16H2,1-3H3,(H,26,30). The number of methoxy groups -OCH3 is 1. The number of ether oxygens (including phenoxy) is 2. The van der Waals surface area contributed by atoms with Crippen LogP contribution in [0.1, 0.15) is 42.6 Å². The Labute approximate surface area is 188 Å². The van der Waals surface area contributed by atoms with Crippen molar-refractivity contribution in [3.05, 3.63) is 59.7 Å². The molecule has 2 aromatic carbocycles. The van der Waals surface area contributed by atoms with Gasteiger partial charge in [-0.1, -0.05) is 30.3 Å². The quantitative estimate of drug-likeness (QED) is 0.641. The van der Waals surface area contributed by atoms with Gasteiger partial charge in [0, 0.05) is 30.3 Å². The summed E-state index contributed by atoms with van der Waals surface area (Å²) in [4.78, 5) is 38.6. The highest BCUT2D eigenvalue weighted by Gasteiger charge is 2.26. The van der Waals surface area contributed by atoms with Gasteiger partial charge < -0.3 is 19.7 Å². The topological polar surface area (TPSA) is 84.9 Å². The van der Waals surface area contributed by atoms with E-state index in [1.165, 1.54) is 6.92 Å². The molecule has 1 heterocycles. The molecule has 0 aromatic heterocycles. The molecule has 2 amide bonds. The van der Waals surface area contributed by atoms with Gasteiger partial charge in [0.15, 0.2) is 11.9 Å². The smallest absolute Gasteiger partial charge is 0.260 e. The summed E-state index contributed by atoms with van der Waals surface area (Å²) in [7, 11) is 1.60. The predicted octanol–water partition coefficient (Wildman–Crippen LogP) is 3.02. The normalized spacial score (nSPS) is 15.0. The number of nitrogens with one attached hydrogen (secondary N) is 1. The maximum absolute atomic E-state index is 12.7. The number of benzene rings is 2. The largest absolute Gasteiger partial charge is 0.496 e. The Kier molecular flexibility index (Phi) is 7.87. The molecular formula is C25H30N2O5. The first-order valence-electron chi connectivity index (χ1n) is 10.8. The van der Waals surface area contributed by atoms with Crippen LogP contribution in [0, 0.1) is 0 Å². The first-order valence-corrected chi connectivity index (χ1v) is 10.8. The third kappa shape index (κ3) is 6.09. The van der Waals surface area contributed by atoms with E-state index in [0.29, 0.717) is 49.4 Å². The summed E-state index contributed by atoms with van der Waals surface area (Å²) in [6.07, 6.45) is 0.986. The third-order valence-corrected chi connectivity index (χ3v) is 5.65. The van der Waals surface area contributed by atoms with Crippen molar-refractivity contribution in [2.75, 3.05) is 20.2 Å². The van der Waals surface area contributed by atoms with Crippen LogP contribution in [-0.2, 0) is 16.0 Å². The zero-order valence-electron chi connectivity index (χ0n) is 18.8. The minimum Gasteiger partial charge on any atom is -0.496 e. The van der Waals surface area contributed by atoms with Crippen LogP contribution in [0.2, 0.25) is 0 Å². The lowest BCUT2D eigenvalue weighted by molar-refractivity contribution is -0.132. The van der Waals surface area contributed by atoms with Crippen molar-refractivity contribution in [1.82, 2.24) is 10.2 Å². The van der Waals surface area contributed by atoms with E-state index in [-0.39, 0.29) is 23.6 Å². The van der Waals surface area contributed by atoms with Crippen LogP contribution in [0.5, 0.6) is 11.5 Å². The maximum Gasteiger partial charge on any atom is 0.260 e. The number of nitrogens with zero attached hydrogens (tertiary/aromatic N) is 1. The molecule has 0 bridgehead atoms. The van der Waals surface area contributed by atoms with Crippen molar-refractivity contribution >= 4 is 17.6 Å². The van der Waals surface area contributed by atoms with E-state index in [1.54, 1.807) is 38.3 Å². The number of hydrogen-bond acceptors (Lipinski definition) is 5. The van der Waals surface area contributed by atoms with Crippen LogP contribution >= 0.6 is 0 Å². The Morgan fingerprint density at radius 2 is 1.81 bits per heavy atom. The van der Waals surface area contributed by atoms with Gasteiger partial charge in [-0.2, -0.15) is 0 Å². The van der Waals surface area contributed by atoms with Crippen molar-refractivity contribution in [2.45, 2.75) is 45.3 Å². The first kappa shape index (κ1) is 23.3. The van der Waals surface area contributed by atoms with E-state index in [4.69, 9.17) is 9.47 Å². The Bertz CT molecular complexity index is 966. The zero-order valence-corrected chi connectivity index (χ0v) is 18.8. The highest BCUT2D eigenvalue weighted by atomic mass is 16.5. The molecular weight excluding hydrogens is 408 g/mol. The molecule has 1 unspecified atom stereocenters. The fraction of sp³-hybridized carbons (Fsp3) is 0.400. The van der Waals surface area contributed by atoms with Crippen LogP contribution in [-0.4, -0.2) is 54.8 Å². The molecule has 1 saturated heterocycles. The number of piperidine rings is 1. The highest BCUT2D eigenvalue weighted by Crippen LogP contribution is 2.20. The second kappa shape index (κ2) is 10.8. The van der Waals surface area contributed by atoms with E-state index in [1.807, 2.05) is 29.2 Å². The number of carbonyl (C=O) groups excluding carboxylic acids is 3. The maximum atomic E-state index is 12.7. The van der Waals surface area contributed by atoms with Gasteiger partial charge in [-0.25, -0.2) is 0 Å². The highest BCUT2D eigenvalue weighted by molar-refractivity contribution is 5.94. The molecule has 1 N–H and O–H groups in total. The summed E-state index contributed by atoms with van der Waals surface area (Å²) in [6.45, 7) is 4.36. The monoisotopic (exact) mass is 438 g/mol. The number of ketones is 1. The van der Waals surface area contributed by atoms with Gasteiger partial charge in [0.25, 0.3) is 5.91 Å². The molecule has 2 aromatic rings. The molecule has 0 saturated carbocycles. The number of Topliss-reactive ketones (excluding diaryl/α,β-unsaturated/α-hetero) is 1. The third-order valence-electron chi connectivity index (χ3n) is 5.65. The van der Waals surface area contributed by atoms with Gasteiger partial charge in [-0.05, 0) is 44.9 Å². The van der Waals surface area contributed by atoms with Crippen LogP contribution in [0.15, 0.2) is 48.5 Å². The lowest BCUT2D eigenvalue weighted by Gasteiger charge is -2.33. The Morgan fingerprint density at radius 3 is 2.50 bits per heavy atom. The molecule has 32 heavy (non-hydrogen) atoms. The summed E-state index contributed by atoms with van der Waals surface area (Å²) in [5, 5.41) is 3.01. The molecule has 1 aliphatic heterocycles. The van der Waals surface area contributed by atoms with Crippen molar-refractivity contribution in [2.24, 2.45) is 0 Å². The molecule has 3 rings (SSSR count). The van der Waals surface area contributed by atoms with Gasteiger partial charge in [-0.15, -0.1) is 0 Å². The van der Waals surface area contributed by atoms with Crippen LogP contribution in [0.25, 0.3) is 0 Å². The van der Waals surface area contributed by atoms with Crippen molar-refractivity contribution in [3.8, 4) is 11.5 Å². The fourth-order valence-electron chi connectivity index (χ4n) is 3.76. The number of rotatable bonds is 8. The predicted molar refractivity (Wildman–Crippen MR) is 121 cm³/mol. The van der Waals surface area contributed by atoms with Gasteiger partial charge in [0.05, 0.1) is 13.5 Å². The SMILES string of the molecule is COc1ccccc1CC(=O)N1CCC(NC(=O)C(C)Oc2cccc(C(C)=O)c2)CC1. The molecule has 1 fully saturated rings. The number of likely N-dealkylation sites (tertiary alicyclic amines) is 1. The summed E-state index contributed by atoms with van der Waals surface area (Å²) >= 11 is 0. The van der Waals surface area contributed by atoms with Crippen LogP contribution in [0.4, 0.5) is 0 Å². The first-order chi connectivity index (χ1) is 15.4. The minimum atomic E-state index is -0.692. The van der Waals surface area contributed by atoms with E-state index in [2.05, 4.69) is 5.32 Å². The average Bonchev–Trinajstić information content (AvgIpc) is 2.80. The summed E-state index contributed by atoms with van der Waals surface area (Å²) in [5.41, 5.74) is 1.41. The Balaban J connectivity index is 1.46. The van der Waals surface area contributed by atoms with E-state index in [0.717, 1.165) is 5.56 Å². The molecule has 0 aliphatic carbocycles. The zero-order chi connectivity index (χ0) is 23.1. The summed E-state index contributed by atoms with van der Waals surface area (Å²) < 4.78 is 11.0. The van der Waals surface area contributed by atoms with Gasteiger partial charge >= 0.3 is 0 Å². The molecule has 170 valence electrons. The average molecular weight is 439 g/mol. The van der Waals surface area contributed by atoms with Crippen molar-refractivity contribution < 1.29 is 23.9 Å². The summed E-state index contributed by atoms with van der Waals surface area (Å²) in [5.74, 6) is 0.987. The van der Waals surface area contributed by atoms with Crippen LogP contribution < -0.4 is 14.8 Å². The molecule has 0 radical (unpaired) electrons. The van der Waals surface area contributed by atoms with Gasteiger partial charge in [-0.3, -0.25) is 14.4 Å². The van der Waals surface area contributed by atoms with Gasteiger partial charge in [0.1, 0.15) is 11.5 Å². The van der Waals surface area contributed by atoms with E-state index >= 15 is 0 Å².